The van der Waals surface area contributed by atoms with Crippen LogP contribution >= 0.6 is 9.24 Å². The molecular formula is C24H25O2P. The lowest BCUT2D eigenvalue weighted by molar-refractivity contribution is -0.143. The van der Waals surface area contributed by atoms with Gasteiger partial charge in [-0.3, -0.25) is 4.79 Å². The fourth-order valence-electron chi connectivity index (χ4n) is 3.60. The fourth-order valence-corrected chi connectivity index (χ4v) is 4.14. The Morgan fingerprint density at radius 3 is 1.59 bits per heavy atom. The number of benzene rings is 3. The van der Waals surface area contributed by atoms with Crippen molar-refractivity contribution in [2.45, 2.75) is 24.4 Å². The van der Waals surface area contributed by atoms with E-state index in [1.165, 1.54) is 11.1 Å². The number of carbonyl (C=O) groups is 1. The summed E-state index contributed by atoms with van der Waals surface area (Å²) in [5.74, 6) is -0.199. The minimum Gasteiger partial charge on any atom is -0.466 e. The largest absolute Gasteiger partial charge is 0.466 e. The van der Waals surface area contributed by atoms with Crippen LogP contribution in [0, 0.1) is 0 Å². The van der Waals surface area contributed by atoms with Gasteiger partial charge in [0.05, 0.1) is 12.3 Å². The Morgan fingerprint density at radius 2 is 1.19 bits per heavy atom. The molecule has 3 unspecified atom stereocenters. The highest BCUT2D eigenvalue weighted by Gasteiger charge is 2.35. The number of hydrogen-bond donors (Lipinski definition) is 0. The van der Waals surface area contributed by atoms with E-state index in [0.717, 1.165) is 5.56 Å². The third-order valence-corrected chi connectivity index (χ3v) is 5.49. The van der Waals surface area contributed by atoms with Crippen LogP contribution in [-0.2, 0) is 9.53 Å². The molecular weight excluding hydrogens is 351 g/mol. The van der Waals surface area contributed by atoms with Gasteiger partial charge in [0, 0.05) is 11.8 Å². The summed E-state index contributed by atoms with van der Waals surface area (Å²) < 4.78 is 5.37. The average Bonchev–Trinajstić information content (AvgIpc) is 2.73. The maximum absolute atomic E-state index is 12.7. The van der Waals surface area contributed by atoms with Gasteiger partial charge in [-0.1, -0.05) is 91.0 Å². The lowest BCUT2D eigenvalue weighted by atomic mass is 9.75. The predicted octanol–water partition coefficient (Wildman–Crippen LogP) is 5.41. The molecule has 0 N–H and O–H groups in total. The van der Waals surface area contributed by atoms with Crippen LogP contribution in [-0.4, -0.2) is 18.2 Å². The van der Waals surface area contributed by atoms with Gasteiger partial charge in [0.25, 0.3) is 0 Å². The zero-order chi connectivity index (χ0) is 19.1. The number of esters is 1. The maximum atomic E-state index is 12.7. The Balaban J connectivity index is 2.14. The first-order chi connectivity index (χ1) is 13.2. The van der Waals surface area contributed by atoms with Crippen LogP contribution in [0.3, 0.4) is 0 Å². The third kappa shape index (κ3) is 4.64. The SMILES string of the molecule is CCOC(=O)C(P)C(c1ccccc1)C(c1ccccc1)c1ccccc1. The molecule has 0 aliphatic heterocycles. The summed E-state index contributed by atoms with van der Waals surface area (Å²) in [5.41, 5.74) is 3.16. The quantitative estimate of drug-likeness (QED) is 0.407. The molecule has 0 radical (unpaired) electrons. The van der Waals surface area contributed by atoms with E-state index in [1.54, 1.807) is 0 Å². The topological polar surface area (TPSA) is 26.3 Å². The van der Waals surface area contributed by atoms with Crippen molar-refractivity contribution in [2.75, 3.05) is 6.61 Å². The molecule has 0 aliphatic rings. The molecule has 138 valence electrons. The zero-order valence-electron chi connectivity index (χ0n) is 15.5. The summed E-state index contributed by atoms with van der Waals surface area (Å²) in [6.45, 7) is 2.23. The van der Waals surface area contributed by atoms with Crippen LogP contribution < -0.4 is 0 Å². The second kappa shape index (κ2) is 9.48. The zero-order valence-corrected chi connectivity index (χ0v) is 16.6. The molecule has 3 aromatic rings. The van der Waals surface area contributed by atoms with Gasteiger partial charge in [-0.05, 0) is 23.6 Å². The fraction of sp³-hybridized carbons (Fsp3) is 0.208. The molecule has 3 heteroatoms. The van der Waals surface area contributed by atoms with E-state index in [0.29, 0.717) is 6.61 Å². The predicted molar refractivity (Wildman–Crippen MR) is 114 cm³/mol. The summed E-state index contributed by atoms with van der Waals surface area (Å²) >= 11 is 0. The summed E-state index contributed by atoms with van der Waals surface area (Å²) in [6.07, 6.45) is 0. The molecule has 0 aromatic heterocycles. The number of ether oxygens (including phenoxy) is 1. The van der Waals surface area contributed by atoms with E-state index < -0.39 is 0 Å². The van der Waals surface area contributed by atoms with Crippen LogP contribution in [0.25, 0.3) is 0 Å². The van der Waals surface area contributed by atoms with Crippen molar-refractivity contribution in [2.24, 2.45) is 0 Å². The molecule has 3 rings (SSSR count). The van der Waals surface area contributed by atoms with Gasteiger partial charge in [0.1, 0.15) is 0 Å². The van der Waals surface area contributed by atoms with Crippen LogP contribution in [0.1, 0.15) is 35.4 Å². The van der Waals surface area contributed by atoms with Crippen molar-refractivity contribution in [3.8, 4) is 0 Å². The molecule has 0 saturated heterocycles. The van der Waals surface area contributed by atoms with Gasteiger partial charge in [0.2, 0.25) is 0 Å². The second-order valence-electron chi connectivity index (χ2n) is 6.51. The first-order valence-corrected chi connectivity index (χ1v) is 9.96. The Hall–Kier alpha value is -2.44. The molecule has 0 aliphatic carbocycles. The van der Waals surface area contributed by atoms with E-state index in [4.69, 9.17) is 4.74 Å². The van der Waals surface area contributed by atoms with Gasteiger partial charge in [0.15, 0.2) is 0 Å². The van der Waals surface area contributed by atoms with E-state index in [2.05, 4.69) is 69.9 Å². The summed E-state index contributed by atoms with van der Waals surface area (Å²) in [4.78, 5) is 12.7. The van der Waals surface area contributed by atoms with Crippen LogP contribution in [0.2, 0.25) is 0 Å². The number of carbonyl (C=O) groups excluding carboxylic acids is 1. The highest BCUT2D eigenvalue weighted by molar-refractivity contribution is 7.19. The highest BCUT2D eigenvalue weighted by Crippen LogP contribution is 2.43. The molecule has 27 heavy (non-hydrogen) atoms. The van der Waals surface area contributed by atoms with Crippen molar-refractivity contribution in [1.29, 1.82) is 0 Å². The van der Waals surface area contributed by atoms with Crippen LogP contribution in [0.15, 0.2) is 91.0 Å². The van der Waals surface area contributed by atoms with Gasteiger partial charge >= 0.3 is 5.97 Å². The minimum atomic E-state index is -0.349. The Kier molecular flexibility index (Phi) is 6.79. The minimum absolute atomic E-state index is 0.0432. The summed E-state index contributed by atoms with van der Waals surface area (Å²) in [6, 6.07) is 31.0. The van der Waals surface area contributed by atoms with E-state index in [1.807, 2.05) is 37.3 Å². The van der Waals surface area contributed by atoms with Gasteiger partial charge in [-0.15, -0.1) is 9.24 Å². The lowest BCUT2D eigenvalue weighted by Gasteiger charge is -2.32. The smallest absolute Gasteiger partial charge is 0.313 e. The molecule has 3 aromatic carbocycles. The van der Waals surface area contributed by atoms with Crippen LogP contribution in [0.5, 0.6) is 0 Å². The van der Waals surface area contributed by atoms with Crippen LogP contribution in [0.4, 0.5) is 0 Å². The molecule has 0 fully saturated rings. The Morgan fingerprint density at radius 1 is 0.778 bits per heavy atom. The Bertz CT molecular complexity index is 795. The molecule has 0 bridgehead atoms. The summed E-state index contributed by atoms with van der Waals surface area (Å²) in [7, 11) is 2.73. The van der Waals surface area contributed by atoms with Gasteiger partial charge in [-0.2, -0.15) is 0 Å². The Labute approximate surface area is 163 Å². The number of hydrogen-bond acceptors (Lipinski definition) is 2. The first kappa shape index (κ1) is 19.3. The highest BCUT2D eigenvalue weighted by atomic mass is 31.0. The molecule has 0 amide bonds. The normalized spacial score (nSPS) is 13.1. The molecule has 3 atom stereocenters. The molecule has 0 heterocycles. The second-order valence-corrected chi connectivity index (χ2v) is 7.23. The average molecular weight is 376 g/mol. The third-order valence-electron chi connectivity index (χ3n) is 4.81. The monoisotopic (exact) mass is 376 g/mol. The van der Waals surface area contributed by atoms with E-state index in [9.17, 15) is 4.79 Å². The van der Waals surface area contributed by atoms with Gasteiger partial charge < -0.3 is 4.74 Å². The van der Waals surface area contributed by atoms with Crippen molar-refractivity contribution >= 4 is 15.2 Å². The number of rotatable bonds is 7. The van der Waals surface area contributed by atoms with E-state index >= 15 is 0 Å². The lowest BCUT2D eigenvalue weighted by Crippen LogP contribution is -2.29. The molecule has 2 nitrogen and oxygen atoms in total. The maximum Gasteiger partial charge on any atom is 0.313 e. The van der Waals surface area contributed by atoms with Crippen molar-refractivity contribution in [3.63, 3.8) is 0 Å². The van der Waals surface area contributed by atoms with Gasteiger partial charge in [-0.25, -0.2) is 0 Å². The molecule has 0 saturated carbocycles. The van der Waals surface area contributed by atoms with Crippen molar-refractivity contribution in [1.82, 2.24) is 0 Å². The van der Waals surface area contributed by atoms with E-state index in [-0.39, 0.29) is 23.5 Å². The van der Waals surface area contributed by atoms with Crippen molar-refractivity contribution < 1.29 is 9.53 Å². The van der Waals surface area contributed by atoms with Crippen molar-refractivity contribution in [3.05, 3.63) is 108 Å². The summed E-state index contributed by atoms with van der Waals surface area (Å²) in [5, 5.41) is 0. The first-order valence-electron chi connectivity index (χ1n) is 9.29. The standard InChI is InChI=1S/C24H25O2P/c1-2-26-24(25)23(27)22(20-16-10-5-11-17-20)21(18-12-6-3-7-13-18)19-14-8-4-9-15-19/h3-17,21-23H,2,27H2,1H3. The molecule has 0 spiro atoms.